The van der Waals surface area contributed by atoms with Crippen molar-refractivity contribution in [3.8, 4) is 10.7 Å². The summed E-state index contributed by atoms with van der Waals surface area (Å²) < 4.78 is 0. The molecular weight excluding hydrogens is 218 g/mol. The lowest BCUT2D eigenvalue weighted by Gasteiger charge is -2.19. The molecule has 0 unspecified atom stereocenters. The molecule has 0 radical (unpaired) electrons. The van der Waals surface area contributed by atoms with Crippen LogP contribution in [-0.4, -0.2) is 15.2 Å². The zero-order valence-corrected chi connectivity index (χ0v) is 10.6. The molecular formula is C12H15N3S. The fourth-order valence-corrected chi connectivity index (χ4v) is 2.27. The van der Waals surface area contributed by atoms with Gasteiger partial charge in [0, 0.05) is 17.0 Å². The predicted octanol–water partition coefficient (Wildman–Crippen LogP) is 3.29. The Kier molecular flexibility index (Phi) is 3.01. The van der Waals surface area contributed by atoms with E-state index in [9.17, 15) is 0 Å². The Bertz CT molecular complexity index is 462. The van der Waals surface area contributed by atoms with E-state index in [1.165, 1.54) is 0 Å². The molecule has 16 heavy (non-hydrogen) atoms. The van der Waals surface area contributed by atoms with Crippen LogP contribution in [0.25, 0.3) is 10.7 Å². The molecule has 0 bridgehead atoms. The SMILES string of the molecule is CCC(C)(C)c1csc(-c2cccnn2)n1. The normalized spacial score (nSPS) is 11.7. The number of thiazole rings is 1. The Morgan fingerprint density at radius 1 is 1.38 bits per heavy atom. The second kappa shape index (κ2) is 4.29. The van der Waals surface area contributed by atoms with Crippen molar-refractivity contribution in [1.29, 1.82) is 0 Å². The molecule has 84 valence electrons. The molecule has 0 aliphatic heterocycles. The first kappa shape index (κ1) is 11.2. The molecule has 4 heteroatoms. The fraction of sp³-hybridized carbons (Fsp3) is 0.417. The largest absolute Gasteiger partial charge is 0.239 e. The molecule has 0 aliphatic carbocycles. The van der Waals surface area contributed by atoms with Gasteiger partial charge in [-0.1, -0.05) is 20.8 Å². The lowest BCUT2D eigenvalue weighted by atomic mass is 9.87. The number of hydrogen-bond acceptors (Lipinski definition) is 4. The number of rotatable bonds is 3. The smallest absolute Gasteiger partial charge is 0.144 e. The van der Waals surface area contributed by atoms with Gasteiger partial charge in [0.15, 0.2) is 0 Å². The summed E-state index contributed by atoms with van der Waals surface area (Å²) >= 11 is 1.63. The maximum Gasteiger partial charge on any atom is 0.144 e. The Balaban J connectivity index is 2.34. The number of nitrogens with zero attached hydrogens (tertiary/aromatic N) is 3. The third kappa shape index (κ3) is 2.11. The molecule has 0 saturated carbocycles. The van der Waals surface area contributed by atoms with Crippen LogP contribution in [0.4, 0.5) is 0 Å². The van der Waals surface area contributed by atoms with Crippen molar-refractivity contribution < 1.29 is 0 Å². The minimum absolute atomic E-state index is 0.136. The van der Waals surface area contributed by atoms with Crippen LogP contribution < -0.4 is 0 Å². The summed E-state index contributed by atoms with van der Waals surface area (Å²) in [4.78, 5) is 4.64. The van der Waals surface area contributed by atoms with Gasteiger partial charge >= 0.3 is 0 Å². The van der Waals surface area contributed by atoms with E-state index in [0.717, 1.165) is 22.8 Å². The molecule has 0 saturated heterocycles. The molecule has 2 aromatic rings. The number of aromatic nitrogens is 3. The Hall–Kier alpha value is -1.29. The topological polar surface area (TPSA) is 38.7 Å². The Labute approximate surface area is 99.6 Å². The fourth-order valence-electron chi connectivity index (χ4n) is 1.30. The first-order valence-electron chi connectivity index (χ1n) is 5.37. The van der Waals surface area contributed by atoms with Gasteiger partial charge in [-0.15, -0.1) is 16.4 Å². The molecule has 0 aliphatic rings. The monoisotopic (exact) mass is 233 g/mol. The summed E-state index contributed by atoms with van der Waals surface area (Å²) in [7, 11) is 0. The van der Waals surface area contributed by atoms with Crippen LogP contribution in [0.2, 0.25) is 0 Å². The predicted molar refractivity (Wildman–Crippen MR) is 66.5 cm³/mol. The molecule has 2 rings (SSSR count). The van der Waals surface area contributed by atoms with Gasteiger partial charge in [0.1, 0.15) is 10.7 Å². The van der Waals surface area contributed by atoms with E-state index >= 15 is 0 Å². The minimum atomic E-state index is 0.136. The summed E-state index contributed by atoms with van der Waals surface area (Å²) in [6.45, 7) is 6.60. The molecule has 0 aromatic carbocycles. The van der Waals surface area contributed by atoms with Crippen molar-refractivity contribution in [3.63, 3.8) is 0 Å². The molecule has 0 N–H and O–H groups in total. The third-order valence-electron chi connectivity index (χ3n) is 2.87. The van der Waals surface area contributed by atoms with Gasteiger partial charge in [0.05, 0.1) is 5.69 Å². The first-order chi connectivity index (χ1) is 7.63. The van der Waals surface area contributed by atoms with Gasteiger partial charge in [0.2, 0.25) is 0 Å². The van der Waals surface area contributed by atoms with Crippen LogP contribution in [0.15, 0.2) is 23.7 Å². The maximum atomic E-state index is 4.64. The highest BCUT2D eigenvalue weighted by Gasteiger charge is 2.21. The quantitative estimate of drug-likeness (QED) is 0.816. The van der Waals surface area contributed by atoms with E-state index in [2.05, 4.69) is 41.3 Å². The van der Waals surface area contributed by atoms with E-state index in [-0.39, 0.29) is 5.41 Å². The van der Waals surface area contributed by atoms with Crippen LogP contribution in [0.5, 0.6) is 0 Å². The average molecular weight is 233 g/mol. The molecule has 0 amide bonds. The van der Waals surface area contributed by atoms with Crippen molar-refractivity contribution in [1.82, 2.24) is 15.2 Å². The van der Waals surface area contributed by atoms with Crippen LogP contribution in [0.3, 0.4) is 0 Å². The zero-order valence-electron chi connectivity index (χ0n) is 9.77. The summed E-state index contributed by atoms with van der Waals surface area (Å²) in [5.41, 5.74) is 2.13. The van der Waals surface area contributed by atoms with Gasteiger partial charge in [-0.2, -0.15) is 5.10 Å². The Morgan fingerprint density at radius 2 is 2.19 bits per heavy atom. The second-order valence-electron chi connectivity index (χ2n) is 4.38. The van der Waals surface area contributed by atoms with Gasteiger partial charge < -0.3 is 0 Å². The van der Waals surface area contributed by atoms with Gasteiger partial charge in [0.25, 0.3) is 0 Å². The summed E-state index contributed by atoms with van der Waals surface area (Å²) in [6, 6.07) is 3.82. The van der Waals surface area contributed by atoms with Crippen LogP contribution in [0, 0.1) is 0 Å². The van der Waals surface area contributed by atoms with Crippen molar-refractivity contribution in [3.05, 3.63) is 29.4 Å². The van der Waals surface area contributed by atoms with Crippen LogP contribution in [0.1, 0.15) is 32.9 Å². The third-order valence-corrected chi connectivity index (χ3v) is 3.74. The average Bonchev–Trinajstić information content (AvgIpc) is 2.80. The van der Waals surface area contributed by atoms with E-state index in [4.69, 9.17) is 0 Å². The second-order valence-corrected chi connectivity index (χ2v) is 5.24. The zero-order chi connectivity index (χ0) is 11.6. The molecule has 2 aromatic heterocycles. The minimum Gasteiger partial charge on any atom is -0.239 e. The van der Waals surface area contributed by atoms with Gasteiger partial charge in [-0.3, -0.25) is 0 Å². The highest BCUT2D eigenvalue weighted by atomic mass is 32.1. The first-order valence-corrected chi connectivity index (χ1v) is 6.25. The number of hydrogen-bond donors (Lipinski definition) is 0. The lowest BCUT2D eigenvalue weighted by Crippen LogP contribution is -2.15. The van der Waals surface area contributed by atoms with E-state index in [1.807, 2.05) is 12.1 Å². The highest BCUT2D eigenvalue weighted by Crippen LogP contribution is 2.30. The standard InChI is InChI=1S/C12H15N3S/c1-4-12(2,3)10-8-16-11(14-10)9-6-5-7-13-15-9/h5-8H,4H2,1-3H3. The molecule has 3 nitrogen and oxygen atoms in total. The van der Waals surface area contributed by atoms with Gasteiger partial charge in [-0.05, 0) is 18.6 Å². The maximum absolute atomic E-state index is 4.64. The molecule has 0 spiro atoms. The lowest BCUT2D eigenvalue weighted by molar-refractivity contribution is 0.493. The summed E-state index contributed by atoms with van der Waals surface area (Å²) in [5.74, 6) is 0. The van der Waals surface area contributed by atoms with Gasteiger partial charge in [-0.25, -0.2) is 4.98 Å². The molecule has 2 heterocycles. The summed E-state index contributed by atoms with van der Waals surface area (Å²) in [6.07, 6.45) is 2.75. The van der Waals surface area contributed by atoms with Crippen molar-refractivity contribution in [2.75, 3.05) is 0 Å². The molecule has 0 atom stereocenters. The molecule has 0 fully saturated rings. The van der Waals surface area contributed by atoms with E-state index in [0.29, 0.717) is 0 Å². The Morgan fingerprint density at radius 3 is 2.81 bits per heavy atom. The van der Waals surface area contributed by atoms with E-state index in [1.54, 1.807) is 17.5 Å². The van der Waals surface area contributed by atoms with Crippen molar-refractivity contribution in [2.24, 2.45) is 0 Å². The van der Waals surface area contributed by atoms with E-state index < -0.39 is 0 Å². The van der Waals surface area contributed by atoms with Crippen molar-refractivity contribution in [2.45, 2.75) is 32.6 Å². The van der Waals surface area contributed by atoms with Crippen LogP contribution >= 0.6 is 11.3 Å². The van der Waals surface area contributed by atoms with Crippen LogP contribution in [-0.2, 0) is 5.41 Å². The van der Waals surface area contributed by atoms with Crippen molar-refractivity contribution >= 4 is 11.3 Å². The highest BCUT2D eigenvalue weighted by molar-refractivity contribution is 7.13. The summed E-state index contributed by atoms with van der Waals surface area (Å²) in [5, 5.41) is 11.0.